The number of rotatable bonds is 6. The molecule has 0 saturated carbocycles. The van der Waals surface area contributed by atoms with Gasteiger partial charge in [0.15, 0.2) is 9.84 Å². The number of halogens is 2. The first kappa shape index (κ1) is 18.3. The van der Waals surface area contributed by atoms with Crippen LogP contribution in [0.25, 0.3) is 0 Å². The summed E-state index contributed by atoms with van der Waals surface area (Å²) >= 11 is 11.7. The van der Waals surface area contributed by atoms with Crippen molar-refractivity contribution in [1.82, 2.24) is 4.90 Å². The van der Waals surface area contributed by atoms with Gasteiger partial charge in [-0.2, -0.15) is 0 Å². The third kappa shape index (κ3) is 4.87. The Morgan fingerprint density at radius 3 is 2.33 bits per heavy atom. The van der Waals surface area contributed by atoms with Crippen LogP contribution in [-0.4, -0.2) is 43.3 Å². The molecule has 118 valence electrons. The Morgan fingerprint density at radius 2 is 1.86 bits per heavy atom. The van der Waals surface area contributed by atoms with Crippen molar-refractivity contribution in [1.29, 1.82) is 0 Å². The quantitative estimate of drug-likeness (QED) is 0.790. The zero-order chi connectivity index (χ0) is 16.2. The Balaban J connectivity index is 2.98. The van der Waals surface area contributed by atoms with Crippen molar-refractivity contribution < 1.29 is 13.2 Å². The second-order valence-electron chi connectivity index (χ2n) is 4.77. The molecule has 0 N–H and O–H groups in total. The van der Waals surface area contributed by atoms with Crippen LogP contribution in [0.15, 0.2) is 18.2 Å². The first-order valence-corrected chi connectivity index (χ1v) is 9.26. The number of amides is 1. The summed E-state index contributed by atoms with van der Waals surface area (Å²) in [6.45, 7) is 5.55. The SMILES string of the molecule is CCN(C(=O)c1ccc(Cl)c(Cl)c1)C(C)CS(=O)(=O)CC. The minimum atomic E-state index is -3.15. The molecule has 1 aromatic rings. The summed E-state index contributed by atoms with van der Waals surface area (Å²) in [6.07, 6.45) is 0. The third-order valence-corrected chi connectivity index (χ3v) is 5.84. The molecule has 1 rings (SSSR count). The molecule has 4 nitrogen and oxygen atoms in total. The Kier molecular flexibility index (Phi) is 6.50. The van der Waals surface area contributed by atoms with E-state index in [0.717, 1.165) is 0 Å². The molecule has 1 aromatic carbocycles. The van der Waals surface area contributed by atoms with E-state index in [1.165, 1.54) is 11.0 Å². The van der Waals surface area contributed by atoms with Gasteiger partial charge in [-0.15, -0.1) is 0 Å². The summed E-state index contributed by atoms with van der Waals surface area (Å²) < 4.78 is 23.4. The van der Waals surface area contributed by atoms with Crippen LogP contribution in [0, 0.1) is 0 Å². The van der Waals surface area contributed by atoms with Gasteiger partial charge in [0.1, 0.15) is 0 Å². The predicted molar refractivity (Wildman–Crippen MR) is 87.0 cm³/mol. The number of benzene rings is 1. The maximum atomic E-state index is 12.5. The van der Waals surface area contributed by atoms with Gasteiger partial charge in [0.25, 0.3) is 5.91 Å². The fraction of sp³-hybridized carbons (Fsp3) is 0.500. The zero-order valence-corrected chi connectivity index (χ0v) is 14.6. The van der Waals surface area contributed by atoms with Crippen LogP contribution in [0.4, 0.5) is 0 Å². The maximum absolute atomic E-state index is 12.5. The summed E-state index contributed by atoms with van der Waals surface area (Å²) in [5, 5.41) is 0.672. The van der Waals surface area contributed by atoms with Gasteiger partial charge < -0.3 is 4.90 Å². The summed E-state index contributed by atoms with van der Waals surface area (Å²) in [6, 6.07) is 4.23. The molecule has 7 heteroatoms. The van der Waals surface area contributed by atoms with Gasteiger partial charge in [-0.25, -0.2) is 8.42 Å². The fourth-order valence-electron chi connectivity index (χ4n) is 2.03. The van der Waals surface area contributed by atoms with E-state index in [1.807, 2.05) is 6.92 Å². The molecule has 0 aromatic heterocycles. The number of carbonyl (C=O) groups excluding carboxylic acids is 1. The fourth-order valence-corrected chi connectivity index (χ4v) is 3.47. The number of nitrogens with zero attached hydrogens (tertiary/aromatic N) is 1. The van der Waals surface area contributed by atoms with Gasteiger partial charge >= 0.3 is 0 Å². The van der Waals surface area contributed by atoms with Crippen LogP contribution in [0.2, 0.25) is 10.0 Å². The third-order valence-electron chi connectivity index (χ3n) is 3.24. The largest absolute Gasteiger partial charge is 0.335 e. The second-order valence-corrected chi connectivity index (χ2v) is 7.98. The summed E-state index contributed by atoms with van der Waals surface area (Å²) in [5.41, 5.74) is 0.395. The molecular formula is C14H19Cl2NO3S. The van der Waals surface area contributed by atoms with Gasteiger partial charge in [-0.1, -0.05) is 30.1 Å². The summed E-state index contributed by atoms with van der Waals surface area (Å²) in [5.74, 6) is -0.241. The van der Waals surface area contributed by atoms with Crippen LogP contribution in [0.1, 0.15) is 31.1 Å². The van der Waals surface area contributed by atoms with E-state index in [2.05, 4.69) is 0 Å². The normalized spacial score (nSPS) is 13.0. The number of sulfone groups is 1. The molecule has 1 unspecified atom stereocenters. The highest BCUT2D eigenvalue weighted by atomic mass is 35.5. The molecule has 0 heterocycles. The van der Waals surface area contributed by atoms with E-state index in [4.69, 9.17) is 23.2 Å². The topological polar surface area (TPSA) is 54.5 Å². The first-order valence-electron chi connectivity index (χ1n) is 6.68. The monoisotopic (exact) mass is 351 g/mol. The molecule has 0 fully saturated rings. The highest BCUT2D eigenvalue weighted by Gasteiger charge is 2.24. The van der Waals surface area contributed by atoms with E-state index in [9.17, 15) is 13.2 Å². The predicted octanol–water partition coefficient (Wildman–Crippen LogP) is 3.28. The molecule has 1 atom stereocenters. The van der Waals surface area contributed by atoms with E-state index in [1.54, 1.807) is 26.0 Å². The van der Waals surface area contributed by atoms with Crippen LogP contribution < -0.4 is 0 Å². The lowest BCUT2D eigenvalue weighted by atomic mass is 10.1. The highest BCUT2D eigenvalue weighted by molar-refractivity contribution is 7.91. The van der Waals surface area contributed by atoms with Crippen LogP contribution in [0.5, 0.6) is 0 Å². The lowest BCUT2D eigenvalue weighted by Crippen LogP contribution is -2.42. The molecule has 0 aliphatic heterocycles. The minimum Gasteiger partial charge on any atom is -0.335 e. The van der Waals surface area contributed by atoms with Gasteiger partial charge in [-0.3, -0.25) is 4.79 Å². The Labute approximate surface area is 136 Å². The van der Waals surface area contributed by atoms with Gasteiger partial charge in [0, 0.05) is 23.9 Å². The molecular weight excluding hydrogens is 333 g/mol. The van der Waals surface area contributed by atoms with Gasteiger partial charge in [0.2, 0.25) is 0 Å². The van der Waals surface area contributed by atoms with Crippen molar-refractivity contribution in [2.45, 2.75) is 26.8 Å². The number of hydrogen-bond acceptors (Lipinski definition) is 3. The molecule has 0 saturated heterocycles. The van der Waals surface area contributed by atoms with Crippen LogP contribution >= 0.6 is 23.2 Å². The molecule has 0 aliphatic rings. The number of carbonyl (C=O) groups is 1. The summed E-state index contributed by atoms with van der Waals surface area (Å²) in [4.78, 5) is 14.0. The molecule has 0 spiro atoms. The number of hydrogen-bond donors (Lipinski definition) is 0. The van der Waals surface area contributed by atoms with E-state index < -0.39 is 15.9 Å². The molecule has 0 bridgehead atoms. The average molecular weight is 352 g/mol. The Bertz CT molecular complexity index is 617. The second kappa shape index (κ2) is 7.47. The minimum absolute atomic E-state index is 0.0512. The molecule has 0 radical (unpaired) electrons. The van der Waals surface area contributed by atoms with Crippen LogP contribution in [-0.2, 0) is 9.84 Å². The molecule has 0 aliphatic carbocycles. The lowest BCUT2D eigenvalue weighted by molar-refractivity contribution is 0.0719. The van der Waals surface area contributed by atoms with Crippen molar-refractivity contribution in [2.24, 2.45) is 0 Å². The first-order chi connectivity index (χ1) is 9.71. The zero-order valence-electron chi connectivity index (χ0n) is 12.3. The molecule has 21 heavy (non-hydrogen) atoms. The van der Waals surface area contributed by atoms with Gasteiger partial charge in [0.05, 0.1) is 15.8 Å². The smallest absolute Gasteiger partial charge is 0.254 e. The van der Waals surface area contributed by atoms with E-state index in [0.29, 0.717) is 22.2 Å². The standard InChI is InChI=1S/C14H19Cl2NO3S/c1-4-17(10(3)9-21(19,20)5-2)14(18)11-6-7-12(15)13(16)8-11/h6-8,10H,4-5,9H2,1-3H3. The lowest BCUT2D eigenvalue weighted by Gasteiger charge is -2.28. The van der Waals surface area contributed by atoms with E-state index in [-0.39, 0.29) is 17.4 Å². The molecule has 1 amide bonds. The summed E-state index contributed by atoms with van der Waals surface area (Å²) in [7, 11) is -3.15. The van der Waals surface area contributed by atoms with Gasteiger partial charge in [-0.05, 0) is 32.0 Å². The van der Waals surface area contributed by atoms with Crippen molar-refractivity contribution in [3.63, 3.8) is 0 Å². The van der Waals surface area contributed by atoms with Crippen LogP contribution in [0.3, 0.4) is 0 Å². The maximum Gasteiger partial charge on any atom is 0.254 e. The Morgan fingerprint density at radius 1 is 1.24 bits per heavy atom. The van der Waals surface area contributed by atoms with Crippen molar-refractivity contribution in [3.05, 3.63) is 33.8 Å². The van der Waals surface area contributed by atoms with Crippen molar-refractivity contribution >= 4 is 38.9 Å². The average Bonchev–Trinajstić information content (AvgIpc) is 2.42. The van der Waals surface area contributed by atoms with Crippen molar-refractivity contribution in [3.8, 4) is 0 Å². The van der Waals surface area contributed by atoms with Crippen molar-refractivity contribution in [2.75, 3.05) is 18.1 Å². The highest BCUT2D eigenvalue weighted by Crippen LogP contribution is 2.23. The van der Waals surface area contributed by atoms with E-state index >= 15 is 0 Å². The Hall–Kier alpha value is -0.780.